The molecule has 2 N–H and O–H groups in total. The Labute approximate surface area is 122 Å². The molecule has 1 saturated heterocycles. The van der Waals surface area contributed by atoms with Gasteiger partial charge in [-0.3, -0.25) is 4.79 Å². The second-order valence-corrected chi connectivity index (χ2v) is 4.89. The number of amides is 1. The van der Waals surface area contributed by atoms with Gasteiger partial charge in [0.05, 0.1) is 24.3 Å². The monoisotopic (exact) mass is 299 g/mol. The van der Waals surface area contributed by atoms with E-state index in [0.717, 1.165) is 0 Å². The van der Waals surface area contributed by atoms with Crippen LogP contribution in [0.25, 0.3) is 0 Å². The number of morpholine rings is 1. The number of aliphatic hydroxyl groups is 1. The molecule has 0 bridgehead atoms. The van der Waals surface area contributed by atoms with Gasteiger partial charge in [-0.1, -0.05) is 11.6 Å². The molecule has 20 heavy (non-hydrogen) atoms. The van der Waals surface area contributed by atoms with Gasteiger partial charge < -0.3 is 20.1 Å². The number of nitrogens with zero attached hydrogens (tertiary/aromatic N) is 2. The van der Waals surface area contributed by atoms with Crippen LogP contribution in [-0.2, 0) is 4.74 Å². The summed E-state index contributed by atoms with van der Waals surface area (Å²) in [6.45, 7) is 3.78. The number of carbonyl (C=O) groups is 1. The molecule has 1 aliphatic heterocycles. The maximum absolute atomic E-state index is 12.5. The molecule has 0 radical (unpaired) electrons. The third kappa shape index (κ3) is 3.39. The molecule has 1 atom stereocenters. The van der Waals surface area contributed by atoms with Crippen LogP contribution in [0.4, 0.5) is 5.82 Å². The lowest BCUT2D eigenvalue weighted by molar-refractivity contribution is -0.0448. The van der Waals surface area contributed by atoms with E-state index in [4.69, 9.17) is 21.4 Å². The van der Waals surface area contributed by atoms with Gasteiger partial charge in [-0.05, 0) is 19.1 Å². The van der Waals surface area contributed by atoms with Crippen molar-refractivity contribution in [1.29, 1.82) is 0 Å². The number of aromatic nitrogens is 1. The van der Waals surface area contributed by atoms with Gasteiger partial charge in [0.15, 0.2) is 0 Å². The van der Waals surface area contributed by atoms with E-state index >= 15 is 0 Å². The number of hydrogen-bond acceptors (Lipinski definition) is 5. The summed E-state index contributed by atoms with van der Waals surface area (Å²) in [6, 6.07) is 3.39. The molecule has 1 amide bonds. The van der Waals surface area contributed by atoms with Crippen molar-refractivity contribution in [3.05, 3.63) is 22.8 Å². The number of pyridine rings is 1. The van der Waals surface area contributed by atoms with Crippen molar-refractivity contribution in [1.82, 2.24) is 9.88 Å². The molecular formula is C13H18ClN3O3. The standard InChI is InChI=1S/C13H18ClN3O3/c1-2-15-11-4-3-10(14)12(16-11)13(19)17-5-6-20-9(7-17)8-18/h3-4,9,18H,2,5-8H2,1H3,(H,15,16). The van der Waals surface area contributed by atoms with Gasteiger partial charge in [0, 0.05) is 19.6 Å². The second-order valence-electron chi connectivity index (χ2n) is 4.48. The van der Waals surface area contributed by atoms with E-state index in [0.29, 0.717) is 37.1 Å². The van der Waals surface area contributed by atoms with Crippen LogP contribution in [-0.4, -0.2) is 59.8 Å². The van der Waals surface area contributed by atoms with Crippen LogP contribution < -0.4 is 5.32 Å². The quantitative estimate of drug-likeness (QED) is 0.867. The summed E-state index contributed by atoms with van der Waals surface area (Å²) in [6.07, 6.45) is -0.344. The number of hydrogen-bond donors (Lipinski definition) is 2. The number of halogens is 1. The average molecular weight is 300 g/mol. The van der Waals surface area contributed by atoms with Gasteiger partial charge >= 0.3 is 0 Å². The van der Waals surface area contributed by atoms with E-state index in [2.05, 4.69) is 10.3 Å². The van der Waals surface area contributed by atoms with Crippen molar-refractivity contribution in [2.24, 2.45) is 0 Å². The number of ether oxygens (including phenoxy) is 1. The Balaban J connectivity index is 2.17. The van der Waals surface area contributed by atoms with Gasteiger partial charge in [0.2, 0.25) is 0 Å². The van der Waals surface area contributed by atoms with Crippen LogP contribution in [0.5, 0.6) is 0 Å². The first kappa shape index (κ1) is 15.0. The van der Waals surface area contributed by atoms with Crippen molar-refractivity contribution in [2.45, 2.75) is 13.0 Å². The molecule has 2 rings (SSSR count). The maximum Gasteiger partial charge on any atom is 0.274 e. The fraction of sp³-hybridized carbons (Fsp3) is 0.538. The van der Waals surface area contributed by atoms with Crippen molar-refractivity contribution >= 4 is 23.3 Å². The molecule has 0 aliphatic carbocycles. The first-order chi connectivity index (χ1) is 9.65. The topological polar surface area (TPSA) is 74.7 Å². The van der Waals surface area contributed by atoms with Crippen LogP contribution >= 0.6 is 11.6 Å². The van der Waals surface area contributed by atoms with E-state index in [1.54, 1.807) is 17.0 Å². The zero-order valence-electron chi connectivity index (χ0n) is 11.3. The molecule has 0 aromatic carbocycles. The fourth-order valence-electron chi connectivity index (χ4n) is 2.04. The smallest absolute Gasteiger partial charge is 0.274 e. The highest BCUT2D eigenvalue weighted by molar-refractivity contribution is 6.33. The molecule has 1 fully saturated rings. The highest BCUT2D eigenvalue weighted by atomic mass is 35.5. The van der Waals surface area contributed by atoms with E-state index < -0.39 is 0 Å². The number of aliphatic hydroxyl groups excluding tert-OH is 1. The predicted octanol–water partition coefficient (Wildman–Crippen LogP) is 1.00. The number of anilines is 1. The molecule has 1 aromatic rings. The highest BCUT2D eigenvalue weighted by Gasteiger charge is 2.26. The second kappa shape index (κ2) is 6.88. The van der Waals surface area contributed by atoms with Gasteiger partial charge in [-0.2, -0.15) is 0 Å². The van der Waals surface area contributed by atoms with Crippen LogP contribution in [0.1, 0.15) is 17.4 Å². The van der Waals surface area contributed by atoms with Gasteiger partial charge in [-0.15, -0.1) is 0 Å². The molecule has 1 unspecified atom stereocenters. The van der Waals surface area contributed by atoms with Crippen molar-refractivity contribution in [3.63, 3.8) is 0 Å². The number of carbonyl (C=O) groups excluding carboxylic acids is 1. The van der Waals surface area contributed by atoms with Gasteiger partial charge in [-0.25, -0.2) is 4.98 Å². The van der Waals surface area contributed by atoms with E-state index in [1.165, 1.54) is 0 Å². The lowest BCUT2D eigenvalue weighted by Crippen LogP contribution is -2.47. The van der Waals surface area contributed by atoms with E-state index in [1.807, 2.05) is 6.92 Å². The summed E-state index contributed by atoms with van der Waals surface area (Å²) in [5.41, 5.74) is 0.226. The van der Waals surface area contributed by atoms with Crippen molar-refractivity contribution in [3.8, 4) is 0 Å². The lowest BCUT2D eigenvalue weighted by atomic mass is 10.2. The summed E-state index contributed by atoms with van der Waals surface area (Å²) >= 11 is 6.06. The lowest BCUT2D eigenvalue weighted by Gasteiger charge is -2.32. The van der Waals surface area contributed by atoms with Crippen LogP contribution in [0.3, 0.4) is 0 Å². The molecule has 110 valence electrons. The predicted molar refractivity (Wildman–Crippen MR) is 76.1 cm³/mol. The number of nitrogens with one attached hydrogen (secondary N) is 1. The van der Waals surface area contributed by atoms with E-state index in [-0.39, 0.29) is 24.3 Å². The minimum absolute atomic E-state index is 0.109. The Bertz CT molecular complexity index is 484. The summed E-state index contributed by atoms with van der Waals surface area (Å²) < 4.78 is 5.33. The molecular weight excluding hydrogens is 282 g/mol. The summed E-state index contributed by atoms with van der Waals surface area (Å²) in [5.74, 6) is 0.378. The average Bonchev–Trinajstić information content (AvgIpc) is 2.49. The molecule has 6 nitrogen and oxygen atoms in total. The minimum Gasteiger partial charge on any atom is -0.394 e. The third-order valence-electron chi connectivity index (χ3n) is 3.04. The first-order valence-electron chi connectivity index (χ1n) is 6.57. The number of rotatable bonds is 4. The maximum atomic E-state index is 12.5. The van der Waals surface area contributed by atoms with Crippen molar-refractivity contribution in [2.75, 3.05) is 38.2 Å². The first-order valence-corrected chi connectivity index (χ1v) is 6.95. The summed E-state index contributed by atoms with van der Waals surface area (Å²) in [4.78, 5) is 18.3. The van der Waals surface area contributed by atoms with Crippen LogP contribution in [0.2, 0.25) is 5.02 Å². The Morgan fingerprint density at radius 3 is 3.15 bits per heavy atom. The normalized spacial score (nSPS) is 18.9. The summed E-state index contributed by atoms with van der Waals surface area (Å²) in [7, 11) is 0. The largest absolute Gasteiger partial charge is 0.394 e. The highest BCUT2D eigenvalue weighted by Crippen LogP contribution is 2.19. The third-order valence-corrected chi connectivity index (χ3v) is 3.34. The minimum atomic E-state index is -0.344. The Morgan fingerprint density at radius 1 is 1.65 bits per heavy atom. The van der Waals surface area contributed by atoms with Crippen molar-refractivity contribution < 1.29 is 14.6 Å². The van der Waals surface area contributed by atoms with Crippen LogP contribution in [0.15, 0.2) is 12.1 Å². The van der Waals surface area contributed by atoms with Gasteiger partial charge in [0.1, 0.15) is 11.5 Å². The molecule has 2 heterocycles. The summed E-state index contributed by atoms with van der Waals surface area (Å²) in [5, 5.41) is 12.5. The zero-order valence-corrected chi connectivity index (χ0v) is 12.1. The fourth-order valence-corrected chi connectivity index (χ4v) is 2.22. The SMILES string of the molecule is CCNc1ccc(Cl)c(C(=O)N2CCOC(CO)C2)n1. The van der Waals surface area contributed by atoms with E-state index in [9.17, 15) is 4.79 Å². The van der Waals surface area contributed by atoms with Crippen LogP contribution in [0, 0.1) is 0 Å². The Hall–Kier alpha value is -1.37. The van der Waals surface area contributed by atoms with Gasteiger partial charge in [0.25, 0.3) is 5.91 Å². The molecule has 7 heteroatoms. The zero-order chi connectivity index (χ0) is 14.5. The molecule has 0 saturated carbocycles. The molecule has 1 aliphatic rings. The Morgan fingerprint density at radius 2 is 2.45 bits per heavy atom. The molecule has 0 spiro atoms. The molecule has 1 aromatic heterocycles. The Kier molecular flexibility index (Phi) is 5.17.